The molecular weight excluding hydrogens is 681 g/mol. The predicted octanol–water partition coefficient (Wildman–Crippen LogP) is 13.9. The Morgan fingerprint density at radius 2 is 1.34 bits per heavy atom. The summed E-state index contributed by atoms with van der Waals surface area (Å²) >= 11 is 6.25. The van der Waals surface area contributed by atoms with Gasteiger partial charge in [0.15, 0.2) is 0 Å². The molecule has 4 aromatic carbocycles. The fourth-order valence-electron chi connectivity index (χ4n) is 6.42. The number of aryl methyl sites for hydroxylation is 3. The van der Waals surface area contributed by atoms with E-state index in [0.29, 0.717) is 0 Å². The first-order valence-corrected chi connectivity index (χ1v) is 19.6. The van der Waals surface area contributed by atoms with Gasteiger partial charge in [0.2, 0.25) is 0 Å². The first-order valence-electron chi connectivity index (χ1n) is 17.2. The van der Waals surface area contributed by atoms with Crippen molar-refractivity contribution in [1.82, 2.24) is 0 Å². The molecule has 0 spiro atoms. The van der Waals surface area contributed by atoms with Crippen molar-refractivity contribution in [3.05, 3.63) is 132 Å². The van der Waals surface area contributed by atoms with Gasteiger partial charge < -0.3 is 12.4 Å². The summed E-state index contributed by atoms with van der Waals surface area (Å²) in [5, 5.41) is 0. The van der Waals surface area contributed by atoms with Crippen LogP contribution in [0.4, 0.5) is 5.69 Å². The second kappa shape index (κ2) is 22.0. The molecule has 0 unspecified atom stereocenters. The summed E-state index contributed by atoms with van der Waals surface area (Å²) in [6.07, 6.45) is 15.4. The number of benzene rings is 4. The fraction of sp³-hybridized carbons (Fsp3) is 0.364. The first kappa shape index (κ1) is 40.4. The van der Waals surface area contributed by atoms with Crippen LogP contribution in [0, 0.1) is 20.4 Å². The number of aliphatic imine (C=N–C) groups is 1. The molecule has 0 bridgehead atoms. The van der Waals surface area contributed by atoms with Crippen LogP contribution >= 0.6 is 14.2 Å². The predicted molar refractivity (Wildman–Crippen MR) is 209 cm³/mol. The molecule has 0 fully saturated rings. The first-order chi connectivity index (χ1) is 22.5. The van der Waals surface area contributed by atoms with Gasteiger partial charge in [-0.05, 0) is 90.3 Å². The van der Waals surface area contributed by atoms with Gasteiger partial charge in [0, 0.05) is 0 Å². The van der Waals surface area contributed by atoms with Crippen molar-refractivity contribution < 1.29 is 13.7 Å². The topological polar surface area (TPSA) is 12.4 Å². The number of rotatable bonds is 15. The zero-order valence-electron chi connectivity index (χ0n) is 29.8. The van der Waals surface area contributed by atoms with Crippen LogP contribution in [-0.4, -0.2) is 5.71 Å². The number of unbranched alkanes of at least 4 members (excludes halogenated alkanes) is 4. The molecular formula is C44H55BrNNi-2. The van der Waals surface area contributed by atoms with Gasteiger partial charge in [0.05, 0.1) is 5.69 Å². The van der Waals surface area contributed by atoms with Crippen LogP contribution in [0.15, 0.2) is 95.5 Å². The molecule has 0 saturated heterocycles. The maximum atomic E-state index is 5.27. The molecule has 1 nitrogen and oxygen atoms in total. The summed E-state index contributed by atoms with van der Waals surface area (Å²) in [5.41, 5.74) is 15.4. The molecule has 255 valence electrons. The molecule has 3 heteroatoms. The van der Waals surface area contributed by atoms with E-state index in [0.717, 1.165) is 42.6 Å². The second-order valence-corrected chi connectivity index (χ2v) is 12.1. The van der Waals surface area contributed by atoms with Crippen molar-refractivity contribution in [3.63, 3.8) is 0 Å². The minimum absolute atomic E-state index is 0. The zero-order valence-corrected chi connectivity index (χ0v) is 32.4. The van der Waals surface area contributed by atoms with Gasteiger partial charge in [-0.3, -0.25) is 0 Å². The summed E-state index contributed by atoms with van der Waals surface area (Å²) in [5.74, 6) is 0. The van der Waals surface area contributed by atoms with E-state index in [4.69, 9.17) is 4.99 Å². The Morgan fingerprint density at radius 3 is 1.94 bits per heavy atom. The molecule has 0 saturated carbocycles. The summed E-state index contributed by atoms with van der Waals surface area (Å²) in [7, 11) is 0. The third-order valence-electron chi connectivity index (χ3n) is 8.73. The number of nitrogens with zero attached hydrogens (tertiary/aromatic N) is 1. The van der Waals surface area contributed by atoms with Gasteiger partial charge in [-0.2, -0.15) is 0 Å². The van der Waals surface area contributed by atoms with Gasteiger partial charge in [-0.25, -0.2) is 0 Å². The second-order valence-electron chi connectivity index (χ2n) is 12.1. The van der Waals surface area contributed by atoms with Crippen LogP contribution in [0.2, 0.25) is 0 Å². The molecule has 0 aromatic heterocycles. The number of halogens is 1. The zero-order chi connectivity index (χ0) is 33.3. The number of hydrogen-bond donors (Lipinski definition) is 0. The Hall–Kier alpha value is -2.74. The molecule has 4 rings (SSSR count). The monoisotopic (exact) mass is 734 g/mol. The van der Waals surface area contributed by atoms with Crippen LogP contribution < -0.4 is 0 Å². The summed E-state index contributed by atoms with van der Waals surface area (Å²) in [6, 6.07) is 31.0. The van der Waals surface area contributed by atoms with E-state index in [2.05, 4.69) is 160 Å². The van der Waals surface area contributed by atoms with E-state index < -0.39 is 0 Å². The Balaban J connectivity index is 0.00000251. The van der Waals surface area contributed by atoms with Crippen molar-refractivity contribution >= 4 is 25.6 Å². The molecule has 0 heterocycles. The molecule has 0 amide bonds. The van der Waals surface area contributed by atoms with E-state index in [1.807, 2.05) is 0 Å². The van der Waals surface area contributed by atoms with E-state index in [1.165, 1.54) is 88.6 Å². The van der Waals surface area contributed by atoms with Crippen LogP contribution in [-0.2, 0) is 33.0 Å². The average molecular weight is 737 g/mol. The van der Waals surface area contributed by atoms with Gasteiger partial charge >= 0.3 is 27.9 Å². The standard InChI is InChI=1S/C43H52N.CH3.BrH.Ni/c1-7-11-13-16-26-38-30-40(31-42(41(38)10-4)36-22-17-14-18-23-36)44-33(6)35(9-3)28-34-27-32(5)43(37-24-19-15-20-25-37)39(29-34)21-12-8-2;;;/h14-15,17-20,22-25,27,29-31H,7-13,16,21,26H2,1-6H3;1H3;1H;/q2*-1;;+1/p-1. The normalized spacial score (nSPS) is 11.5. The van der Waals surface area contributed by atoms with E-state index >= 15 is 0 Å². The maximum absolute atomic E-state index is 5.27. The molecule has 0 aliphatic rings. The van der Waals surface area contributed by atoms with Crippen LogP contribution in [0.25, 0.3) is 22.3 Å². The molecule has 47 heavy (non-hydrogen) atoms. The van der Waals surface area contributed by atoms with Gasteiger partial charge in [0.1, 0.15) is 0 Å². The van der Waals surface area contributed by atoms with Crippen LogP contribution in [0.1, 0.15) is 107 Å². The molecule has 0 atom stereocenters. The van der Waals surface area contributed by atoms with E-state index in [9.17, 15) is 0 Å². The molecule has 0 aliphatic carbocycles. The summed E-state index contributed by atoms with van der Waals surface area (Å²) in [4.78, 5) is 5.27. The van der Waals surface area contributed by atoms with Crippen molar-refractivity contribution in [2.45, 2.75) is 106 Å². The summed E-state index contributed by atoms with van der Waals surface area (Å²) in [6.45, 7) is 13.5. The van der Waals surface area contributed by atoms with Gasteiger partial charge in [-0.1, -0.05) is 139 Å². The quantitative estimate of drug-likeness (QED) is 0.0499. The Bertz CT molecular complexity index is 1550. The van der Waals surface area contributed by atoms with Crippen molar-refractivity contribution in [2.24, 2.45) is 4.99 Å². The number of allylic oxidation sites excluding steroid dienone is 1. The Kier molecular flexibility index (Phi) is 18.9. The molecule has 4 aromatic rings. The Labute approximate surface area is 302 Å². The molecule has 0 aliphatic heterocycles. The minimum atomic E-state index is 0. The molecule has 0 N–H and O–H groups in total. The van der Waals surface area contributed by atoms with Crippen molar-refractivity contribution in [1.29, 1.82) is 0 Å². The average Bonchev–Trinajstić information content (AvgIpc) is 3.09. The third-order valence-corrected chi connectivity index (χ3v) is 8.73. The Morgan fingerprint density at radius 1 is 0.723 bits per heavy atom. The van der Waals surface area contributed by atoms with Gasteiger partial charge in [-0.15, -0.1) is 29.3 Å². The number of hydrogen-bond acceptors (Lipinski definition) is 1. The SMILES string of the molecule is CCCCCCc1cc(N=C(C)C(=[C-]c2cc(C)c(-c3ccccc3)c(CCCC)c2)CC)cc(-c2ccccc2)c1CC.[CH3-].[Ni][Br]. The molecule has 0 radical (unpaired) electrons. The third kappa shape index (κ3) is 11.7. The van der Waals surface area contributed by atoms with E-state index in [-0.39, 0.29) is 7.43 Å². The van der Waals surface area contributed by atoms with Crippen LogP contribution in [0.3, 0.4) is 0 Å². The summed E-state index contributed by atoms with van der Waals surface area (Å²) < 4.78 is 0. The van der Waals surface area contributed by atoms with Crippen LogP contribution in [0.5, 0.6) is 0 Å². The van der Waals surface area contributed by atoms with Crippen molar-refractivity contribution in [3.8, 4) is 22.3 Å². The van der Waals surface area contributed by atoms with Crippen molar-refractivity contribution in [2.75, 3.05) is 0 Å². The van der Waals surface area contributed by atoms with Gasteiger partial charge in [0.25, 0.3) is 0 Å². The van der Waals surface area contributed by atoms with E-state index in [1.54, 1.807) is 0 Å². The fourth-order valence-corrected chi connectivity index (χ4v) is 6.42.